The zero-order chi connectivity index (χ0) is 9.97. The van der Waals surface area contributed by atoms with Crippen LogP contribution in [0.1, 0.15) is 6.92 Å². The predicted molar refractivity (Wildman–Crippen MR) is 58.9 cm³/mol. The van der Waals surface area contributed by atoms with E-state index in [1.807, 2.05) is 6.07 Å². The van der Waals surface area contributed by atoms with Crippen LogP contribution in [0.5, 0.6) is 0 Å². The molecule has 1 aromatic heterocycles. The molecule has 1 atom stereocenters. The molecule has 1 unspecified atom stereocenters. The molecule has 1 aliphatic heterocycles. The van der Waals surface area contributed by atoms with E-state index in [4.69, 9.17) is 11.6 Å². The Balaban J connectivity index is 2.14. The Morgan fingerprint density at radius 2 is 2.50 bits per heavy atom. The molecule has 3 nitrogen and oxygen atoms in total. The Morgan fingerprint density at radius 1 is 1.64 bits per heavy atom. The van der Waals surface area contributed by atoms with E-state index in [1.54, 1.807) is 12.3 Å². The summed E-state index contributed by atoms with van der Waals surface area (Å²) in [5, 5.41) is 4.14. The van der Waals surface area contributed by atoms with Gasteiger partial charge in [-0.1, -0.05) is 11.6 Å². The van der Waals surface area contributed by atoms with Gasteiger partial charge in [0.1, 0.15) is 5.82 Å². The first-order chi connectivity index (χ1) is 6.75. The topological polar surface area (TPSA) is 28.2 Å². The van der Waals surface area contributed by atoms with Crippen molar-refractivity contribution in [2.24, 2.45) is 0 Å². The quantitative estimate of drug-likeness (QED) is 0.764. The van der Waals surface area contributed by atoms with Crippen molar-refractivity contribution in [1.29, 1.82) is 0 Å². The van der Waals surface area contributed by atoms with Crippen LogP contribution in [0.3, 0.4) is 0 Å². The van der Waals surface area contributed by atoms with E-state index in [1.165, 1.54) is 0 Å². The van der Waals surface area contributed by atoms with Crippen LogP contribution in [0.25, 0.3) is 0 Å². The molecule has 1 saturated heterocycles. The third-order valence-electron chi connectivity index (χ3n) is 2.40. The van der Waals surface area contributed by atoms with Crippen LogP contribution < -0.4 is 10.2 Å². The molecule has 0 bridgehead atoms. The number of piperazine rings is 1. The number of halogens is 1. The second-order valence-electron chi connectivity index (χ2n) is 3.63. The second kappa shape index (κ2) is 4.15. The van der Waals surface area contributed by atoms with E-state index in [9.17, 15) is 0 Å². The number of hydrogen-bond donors (Lipinski definition) is 1. The van der Waals surface area contributed by atoms with Gasteiger partial charge >= 0.3 is 0 Å². The number of hydrogen-bond acceptors (Lipinski definition) is 3. The molecule has 2 heterocycles. The minimum absolute atomic E-state index is 0.518. The molecule has 1 N–H and O–H groups in total. The Morgan fingerprint density at radius 3 is 3.21 bits per heavy atom. The van der Waals surface area contributed by atoms with E-state index >= 15 is 0 Å². The van der Waals surface area contributed by atoms with Crippen LogP contribution in [0.2, 0.25) is 5.02 Å². The zero-order valence-electron chi connectivity index (χ0n) is 8.20. The smallest absolute Gasteiger partial charge is 0.130 e. The highest BCUT2D eigenvalue weighted by Crippen LogP contribution is 2.17. The lowest BCUT2D eigenvalue weighted by Gasteiger charge is -2.32. The minimum atomic E-state index is 0.518. The highest BCUT2D eigenvalue weighted by Gasteiger charge is 2.16. The largest absolute Gasteiger partial charge is 0.354 e. The molecule has 1 fully saturated rings. The second-order valence-corrected chi connectivity index (χ2v) is 4.07. The first-order valence-corrected chi connectivity index (χ1v) is 5.23. The van der Waals surface area contributed by atoms with Gasteiger partial charge in [-0.15, -0.1) is 0 Å². The highest BCUT2D eigenvalue weighted by molar-refractivity contribution is 6.30. The van der Waals surface area contributed by atoms with Gasteiger partial charge in [0, 0.05) is 36.9 Å². The summed E-state index contributed by atoms with van der Waals surface area (Å²) in [5.74, 6) is 0.978. The van der Waals surface area contributed by atoms with E-state index in [0.29, 0.717) is 6.04 Å². The summed E-state index contributed by atoms with van der Waals surface area (Å²) in [6.45, 7) is 5.18. The van der Waals surface area contributed by atoms with E-state index < -0.39 is 0 Å². The van der Waals surface area contributed by atoms with Crippen LogP contribution in [0, 0.1) is 0 Å². The molecule has 2 rings (SSSR count). The maximum Gasteiger partial charge on any atom is 0.130 e. The fourth-order valence-corrected chi connectivity index (χ4v) is 1.86. The molecule has 14 heavy (non-hydrogen) atoms. The molecular weight excluding hydrogens is 198 g/mol. The molecular formula is C10H14ClN3. The van der Waals surface area contributed by atoms with E-state index in [-0.39, 0.29) is 0 Å². The van der Waals surface area contributed by atoms with E-state index in [2.05, 4.69) is 22.1 Å². The normalized spacial score (nSPS) is 22.4. The van der Waals surface area contributed by atoms with Gasteiger partial charge < -0.3 is 10.2 Å². The van der Waals surface area contributed by atoms with Gasteiger partial charge in [0.2, 0.25) is 0 Å². The summed E-state index contributed by atoms with van der Waals surface area (Å²) in [7, 11) is 0. The maximum absolute atomic E-state index is 5.92. The molecule has 0 radical (unpaired) electrons. The Bertz CT molecular complexity index is 316. The van der Waals surface area contributed by atoms with Gasteiger partial charge in [0.05, 0.1) is 0 Å². The van der Waals surface area contributed by atoms with Gasteiger partial charge in [-0.05, 0) is 19.1 Å². The van der Waals surface area contributed by atoms with Crippen LogP contribution in [-0.4, -0.2) is 30.7 Å². The Labute approximate surface area is 89.1 Å². The number of nitrogens with one attached hydrogen (secondary N) is 1. The van der Waals surface area contributed by atoms with Crippen LogP contribution >= 0.6 is 11.6 Å². The molecule has 0 spiro atoms. The summed E-state index contributed by atoms with van der Waals surface area (Å²) in [4.78, 5) is 6.57. The van der Waals surface area contributed by atoms with Crippen molar-refractivity contribution in [2.45, 2.75) is 13.0 Å². The van der Waals surface area contributed by atoms with Crippen molar-refractivity contribution in [3.8, 4) is 0 Å². The average Bonchev–Trinajstić information content (AvgIpc) is 2.18. The Kier molecular flexibility index (Phi) is 2.89. The lowest BCUT2D eigenvalue weighted by molar-refractivity contribution is 0.482. The zero-order valence-corrected chi connectivity index (χ0v) is 8.96. The maximum atomic E-state index is 5.92. The molecule has 0 aromatic carbocycles. The standard InChI is InChI=1S/C10H14ClN3/c1-8-7-14(5-4-12-8)10-6-9(11)2-3-13-10/h2-3,6,8,12H,4-5,7H2,1H3. The average molecular weight is 212 g/mol. The number of aromatic nitrogens is 1. The summed E-state index contributed by atoms with van der Waals surface area (Å²) in [6, 6.07) is 4.24. The molecule has 1 aliphatic rings. The monoisotopic (exact) mass is 211 g/mol. The number of nitrogens with zero attached hydrogens (tertiary/aromatic N) is 2. The van der Waals surface area contributed by atoms with Crippen molar-refractivity contribution < 1.29 is 0 Å². The summed E-state index contributed by atoms with van der Waals surface area (Å²) >= 11 is 5.92. The molecule has 0 aliphatic carbocycles. The Hall–Kier alpha value is -0.800. The first kappa shape index (κ1) is 9.74. The first-order valence-electron chi connectivity index (χ1n) is 4.85. The molecule has 0 saturated carbocycles. The van der Waals surface area contributed by atoms with E-state index in [0.717, 1.165) is 30.5 Å². The SMILES string of the molecule is CC1CN(c2cc(Cl)ccn2)CCN1. The van der Waals surface area contributed by atoms with Crippen molar-refractivity contribution in [1.82, 2.24) is 10.3 Å². The third kappa shape index (κ3) is 2.16. The van der Waals surface area contributed by atoms with Crippen LogP contribution in [-0.2, 0) is 0 Å². The summed E-state index contributed by atoms with van der Waals surface area (Å²) in [5.41, 5.74) is 0. The molecule has 76 valence electrons. The predicted octanol–water partition coefficient (Wildman–Crippen LogP) is 1.53. The molecule has 1 aromatic rings. The van der Waals surface area contributed by atoms with Crippen molar-refractivity contribution in [3.05, 3.63) is 23.4 Å². The van der Waals surface area contributed by atoms with Gasteiger partial charge in [0.25, 0.3) is 0 Å². The molecule has 0 amide bonds. The van der Waals surface area contributed by atoms with Crippen LogP contribution in [0.15, 0.2) is 18.3 Å². The number of rotatable bonds is 1. The molecule has 4 heteroatoms. The van der Waals surface area contributed by atoms with Gasteiger partial charge in [-0.3, -0.25) is 0 Å². The minimum Gasteiger partial charge on any atom is -0.354 e. The van der Waals surface area contributed by atoms with Crippen molar-refractivity contribution in [2.75, 3.05) is 24.5 Å². The fraction of sp³-hybridized carbons (Fsp3) is 0.500. The van der Waals surface area contributed by atoms with Gasteiger partial charge in [0.15, 0.2) is 0 Å². The number of anilines is 1. The van der Waals surface area contributed by atoms with Gasteiger partial charge in [-0.25, -0.2) is 4.98 Å². The van der Waals surface area contributed by atoms with Crippen molar-refractivity contribution in [3.63, 3.8) is 0 Å². The third-order valence-corrected chi connectivity index (χ3v) is 2.64. The van der Waals surface area contributed by atoms with Crippen molar-refractivity contribution >= 4 is 17.4 Å². The van der Waals surface area contributed by atoms with Crippen LogP contribution in [0.4, 0.5) is 5.82 Å². The van der Waals surface area contributed by atoms with Gasteiger partial charge in [-0.2, -0.15) is 0 Å². The summed E-state index contributed by atoms with van der Waals surface area (Å²) in [6.07, 6.45) is 1.75. The lowest BCUT2D eigenvalue weighted by Crippen LogP contribution is -2.49. The highest BCUT2D eigenvalue weighted by atomic mass is 35.5. The number of pyridine rings is 1. The summed E-state index contributed by atoms with van der Waals surface area (Å²) < 4.78 is 0. The fourth-order valence-electron chi connectivity index (χ4n) is 1.71. The lowest BCUT2D eigenvalue weighted by atomic mass is 10.2.